The summed E-state index contributed by atoms with van der Waals surface area (Å²) in [5, 5.41) is 8.92. The molecule has 0 aromatic rings. The molecule has 0 aromatic heterocycles. The van der Waals surface area contributed by atoms with E-state index in [4.69, 9.17) is 9.84 Å². The summed E-state index contributed by atoms with van der Waals surface area (Å²) in [6.45, 7) is 4.51. The molecule has 1 unspecified atom stereocenters. The Morgan fingerprint density at radius 2 is 0.912 bits per heavy atom. The highest BCUT2D eigenvalue weighted by Gasteiger charge is 2.15. The maximum atomic E-state index is 12.3. The number of carbonyl (C=O) groups excluding carboxylic acids is 1. The smallest absolute Gasteiger partial charge is 0.306 e. The number of aliphatic carboxylic acids is 1. The van der Waals surface area contributed by atoms with E-state index >= 15 is 0 Å². The fourth-order valence-corrected chi connectivity index (χ4v) is 4.60. The first-order chi connectivity index (χ1) is 16.6. The van der Waals surface area contributed by atoms with Crippen LogP contribution in [0, 0.1) is 0 Å². The van der Waals surface area contributed by atoms with Crippen LogP contribution in [0.3, 0.4) is 0 Å². The predicted molar refractivity (Wildman–Crippen MR) is 144 cm³/mol. The summed E-state index contributed by atoms with van der Waals surface area (Å²) in [6.07, 6.45) is 28.2. The van der Waals surface area contributed by atoms with Crippen LogP contribution in [0.1, 0.15) is 174 Å². The van der Waals surface area contributed by atoms with Gasteiger partial charge >= 0.3 is 11.9 Å². The van der Waals surface area contributed by atoms with Crippen molar-refractivity contribution in [1.82, 2.24) is 0 Å². The number of carboxylic acid groups (broad SMARTS) is 1. The Bertz CT molecular complexity index is 449. The molecule has 0 aromatic carbocycles. The monoisotopic (exact) mass is 482 g/mol. The molecule has 0 saturated heterocycles. The number of ether oxygens (including phenoxy) is 1. The molecule has 4 heteroatoms. The summed E-state index contributed by atoms with van der Waals surface area (Å²) < 4.78 is 5.76. The van der Waals surface area contributed by atoms with Gasteiger partial charge in [-0.15, -0.1) is 0 Å². The Labute approximate surface area is 212 Å². The van der Waals surface area contributed by atoms with Gasteiger partial charge in [0.1, 0.15) is 6.10 Å². The van der Waals surface area contributed by atoms with Crippen LogP contribution in [0.5, 0.6) is 0 Å². The molecule has 4 nitrogen and oxygen atoms in total. The normalized spacial score (nSPS) is 12.1. The number of rotatable bonds is 27. The van der Waals surface area contributed by atoms with E-state index in [9.17, 15) is 9.59 Å². The molecule has 0 saturated carbocycles. The number of carboxylic acids is 1. The van der Waals surface area contributed by atoms with Gasteiger partial charge in [0.25, 0.3) is 0 Å². The second-order valence-electron chi connectivity index (χ2n) is 10.3. The summed E-state index contributed by atoms with van der Waals surface area (Å²) in [6, 6.07) is 0. The van der Waals surface area contributed by atoms with Crippen molar-refractivity contribution in [2.75, 3.05) is 0 Å². The Morgan fingerprint density at radius 1 is 0.529 bits per heavy atom. The van der Waals surface area contributed by atoms with Gasteiger partial charge < -0.3 is 9.84 Å². The third-order valence-corrected chi connectivity index (χ3v) is 6.83. The summed E-state index contributed by atoms with van der Waals surface area (Å²) >= 11 is 0. The fraction of sp³-hybridized carbons (Fsp3) is 0.933. The Balaban J connectivity index is 3.87. The van der Waals surface area contributed by atoms with Crippen LogP contribution >= 0.6 is 0 Å². The van der Waals surface area contributed by atoms with E-state index < -0.39 is 5.97 Å². The van der Waals surface area contributed by atoms with E-state index in [2.05, 4.69) is 13.8 Å². The zero-order valence-electron chi connectivity index (χ0n) is 22.9. The van der Waals surface area contributed by atoms with E-state index in [1.54, 1.807) is 0 Å². The Morgan fingerprint density at radius 3 is 1.35 bits per heavy atom. The lowest BCUT2D eigenvalue weighted by Gasteiger charge is -2.18. The van der Waals surface area contributed by atoms with Gasteiger partial charge in [-0.25, -0.2) is 0 Å². The van der Waals surface area contributed by atoms with E-state index in [-0.39, 0.29) is 18.5 Å². The topological polar surface area (TPSA) is 63.6 Å². The molecule has 0 aliphatic carbocycles. The summed E-state index contributed by atoms with van der Waals surface area (Å²) in [4.78, 5) is 23.2. The zero-order valence-corrected chi connectivity index (χ0v) is 22.9. The molecule has 1 N–H and O–H groups in total. The van der Waals surface area contributed by atoms with Crippen molar-refractivity contribution >= 4 is 11.9 Å². The molecule has 0 fully saturated rings. The molecule has 0 spiro atoms. The summed E-state index contributed by atoms with van der Waals surface area (Å²) in [7, 11) is 0. The highest BCUT2D eigenvalue weighted by Crippen LogP contribution is 2.18. The van der Waals surface area contributed by atoms with E-state index in [1.165, 1.54) is 109 Å². The average molecular weight is 483 g/mol. The van der Waals surface area contributed by atoms with Gasteiger partial charge in [0, 0.05) is 12.8 Å². The maximum Gasteiger partial charge on any atom is 0.306 e. The quantitative estimate of drug-likeness (QED) is 0.0934. The lowest BCUT2D eigenvalue weighted by Crippen LogP contribution is -2.18. The van der Waals surface area contributed by atoms with Crippen molar-refractivity contribution < 1.29 is 19.4 Å². The molecule has 0 rings (SSSR count). The van der Waals surface area contributed by atoms with Crippen LogP contribution in [-0.4, -0.2) is 23.1 Å². The zero-order chi connectivity index (χ0) is 25.1. The van der Waals surface area contributed by atoms with Crippen molar-refractivity contribution in [3.8, 4) is 0 Å². The molecule has 0 heterocycles. The number of esters is 1. The fourth-order valence-electron chi connectivity index (χ4n) is 4.60. The van der Waals surface area contributed by atoms with Crippen LogP contribution in [0.15, 0.2) is 0 Å². The molecule has 34 heavy (non-hydrogen) atoms. The lowest BCUT2D eigenvalue weighted by molar-refractivity contribution is -0.150. The third-order valence-electron chi connectivity index (χ3n) is 6.83. The van der Waals surface area contributed by atoms with Gasteiger partial charge in [0.15, 0.2) is 0 Å². The van der Waals surface area contributed by atoms with Gasteiger partial charge in [-0.1, -0.05) is 129 Å². The molecule has 0 bridgehead atoms. The van der Waals surface area contributed by atoms with Crippen molar-refractivity contribution in [3.05, 3.63) is 0 Å². The van der Waals surface area contributed by atoms with Gasteiger partial charge in [-0.2, -0.15) is 0 Å². The second kappa shape index (κ2) is 26.5. The number of hydrogen-bond donors (Lipinski definition) is 1. The van der Waals surface area contributed by atoms with E-state index in [0.29, 0.717) is 19.3 Å². The predicted octanol–water partition coefficient (Wildman–Crippen LogP) is 9.78. The standard InChI is InChI=1S/C30H58O4/c1-3-5-7-9-11-13-14-16-18-20-22-27-30(33)34-28(25-23-26-29(31)32)24-21-19-17-15-12-10-8-6-4-2/h28H,3-27H2,1-2H3,(H,31,32). The number of hydrogen-bond acceptors (Lipinski definition) is 3. The molecular weight excluding hydrogens is 424 g/mol. The Hall–Kier alpha value is -1.06. The average Bonchev–Trinajstić information content (AvgIpc) is 2.81. The summed E-state index contributed by atoms with van der Waals surface area (Å²) in [5.41, 5.74) is 0. The van der Waals surface area contributed by atoms with E-state index in [1.807, 2.05) is 0 Å². The van der Waals surface area contributed by atoms with Crippen LogP contribution in [0.25, 0.3) is 0 Å². The van der Waals surface area contributed by atoms with Crippen LogP contribution in [0.2, 0.25) is 0 Å². The van der Waals surface area contributed by atoms with Crippen molar-refractivity contribution in [3.63, 3.8) is 0 Å². The minimum atomic E-state index is -0.769. The first kappa shape index (κ1) is 32.9. The molecule has 0 aliphatic rings. The maximum absolute atomic E-state index is 12.3. The second-order valence-corrected chi connectivity index (χ2v) is 10.3. The molecular formula is C30H58O4. The third kappa shape index (κ3) is 25.6. The first-order valence-corrected chi connectivity index (χ1v) is 15.0. The highest BCUT2D eigenvalue weighted by molar-refractivity contribution is 5.69. The van der Waals surface area contributed by atoms with Gasteiger partial charge in [-0.3, -0.25) is 9.59 Å². The van der Waals surface area contributed by atoms with Crippen molar-refractivity contribution in [2.45, 2.75) is 180 Å². The molecule has 0 radical (unpaired) electrons. The van der Waals surface area contributed by atoms with E-state index in [0.717, 1.165) is 25.7 Å². The molecule has 1 atom stereocenters. The Kier molecular flexibility index (Phi) is 25.7. The molecule has 202 valence electrons. The minimum Gasteiger partial charge on any atom is -0.481 e. The van der Waals surface area contributed by atoms with Gasteiger partial charge in [-0.05, 0) is 32.1 Å². The SMILES string of the molecule is CCCCCCCCCCCCCC(=O)OC(CCCCCCCCCCC)CCCC(=O)O. The highest BCUT2D eigenvalue weighted by atomic mass is 16.5. The van der Waals surface area contributed by atoms with Crippen LogP contribution in [-0.2, 0) is 14.3 Å². The number of unbranched alkanes of at least 4 members (excludes halogenated alkanes) is 18. The van der Waals surface area contributed by atoms with Crippen molar-refractivity contribution in [1.29, 1.82) is 0 Å². The minimum absolute atomic E-state index is 0.0906. The van der Waals surface area contributed by atoms with Crippen LogP contribution in [0.4, 0.5) is 0 Å². The largest absolute Gasteiger partial charge is 0.481 e. The van der Waals surface area contributed by atoms with Crippen LogP contribution < -0.4 is 0 Å². The van der Waals surface area contributed by atoms with Gasteiger partial charge in [0.05, 0.1) is 0 Å². The molecule has 0 amide bonds. The molecule has 0 aliphatic heterocycles. The summed E-state index contributed by atoms with van der Waals surface area (Å²) in [5.74, 6) is -0.860. The number of carbonyl (C=O) groups is 2. The van der Waals surface area contributed by atoms with Crippen molar-refractivity contribution in [2.24, 2.45) is 0 Å². The first-order valence-electron chi connectivity index (χ1n) is 15.0. The lowest BCUT2D eigenvalue weighted by atomic mass is 10.0. The van der Waals surface area contributed by atoms with Gasteiger partial charge in [0.2, 0.25) is 0 Å².